The monoisotopic (exact) mass is 283 g/mol. The smallest absolute Gasteiger partial charge is 0.165 e. The van der Waals surface area contributed by atoms with Crippen LogP contribution in [0, 0.1) is 0 Å². The Bertz CT molecular complexity index is 395. The summed E-state index contributed by atoms with van der Waals surface area (Å²) in [5.41, 5.74) is 0.587. The van der Waals surface area contributed by atoms with Crippen molar-refractivity contribution in [3.63, 3.8) is 0 Å². The van der Waals surface area contributed by atoms with Crippen molar-refractivity contribution in [3.05, 3.63) is 34.9 Å². The average Bonchev–Trinajstić information content (AvgIpc) is 2.42. The summed E-state index contributed by atoms with van der Waals surface area (Å²) in [5.74, 6) is 0.0602. The first-order valence-electron chi connectivity index (χ1n) is 6.80. The molecule has 0 saturated heterocycles. The lowest BCUT2D eigenvalue weighted by Crippen LogP contribution is -2.30. The molecule has 0 radical (unpaired) electrons. The SMILES string of the molecule is CCCCN(CCO)CCC(=O)c1ccccc1Cl. The summed E-state index contributed by atoms with van der Waals surface area (Å²) >= 11 is 6.00. The molecule has 0 aliphatic rings. The average molecular weight is 284 g/mol. The quantitative estimate of drug-likeness (QED) is 0.708. The van der Waals surface area contributed by atoms with Crippen LogP contribution in [0.4, 0.5) is 0 Å². The Balaban J connectivity index is 2.49. The summed E-state index contributed by atoms with van der Waals surface area (Å²) < 4.78 is 0. The van der Waals surface area contributed by atoms with Crippen LogP contribution in [0.5, 0.6) is 0 Å². The molecule has 0 heterocycles. The van der Waals surface area contributed by atoms with Gasteiger partial charge in [-0.15, -0.1) is 0 Å². The van der Waals surface area contributed by atoms with Gasteiger partial charge < -0.3 is 10.0 Å². The first-order chi connectivity index (χ1) is 9.19. The van der Waals surface area contributed by atoms with E-state index in [1.807, 2.05) is 12.1 Å². The Kier molecular flexibility index (Phi) is 7.72. The van der Waals surface area contributed by atoms with Gasteiger partial charge in [0.2, 0.25) is 0 Å². The van der Waals surface area contributed by atoms with Gasteiger partial charge >= 0.3 is 0 Å². The van der Waals surface area contributed by atoms with Gasteiger partial charge in [0.05, 0.1) is 11.6 Å². The lowest BCUT2D eigenvalue weighted by atomic mass is 10.1. The number of aliphatic hydroxyl groups excluding tert-OH is 1. The third kappa shape index (κ3) is 5.72. The van der Waals surface area contributed by atoms with Crippen molar-refractivity contribution in [2.24, 2.45) is 0 Å². The molecule has 106 valence electrons. The number of carbonyl (C=O) groups excluding carboxylic acids is 1. The van der Waals surface area contributed by atoms with E-state index in [0.717, 1.165) is 19.4 Å². The zero-order valence-corrected chi connectivity index (χ0v) is 12.2. The van der Waals surface area contributed by atoms with E-state index in [9.17, 15) is 4.79 Å². The predicted molar refractivity (Wildman–Crippen MR) is 78.8 cm³/mol. The minimum absolute atomic E-state index is 0.0602. The normalized spacial score (nSPS) is 10.9. The molecule has 0 aromatic heterocycles. The molecule has 0 saturated carbocycles. The standard InChI is InChI=1S/C15H22ClNO2/c1-2-3-9-17(11-12-18)10-8-15(19)13-6-4-5-7-14(13)16/h4-7,18H,2-3,8-12H2,1H3. The zero-order valence-electron chi connectivity index (χ0n) is 11.4. The van der Waals surface area contributed by atoms with E-state index in [2.05, 4.69) is 11.8 Å². The molecule has 0 amide bonds. The van der Waals surface area contributed by atoms with E-state index >= 15 is 0 Å². The largest absolute Gasteiger partial charge is 0.395 e. The fraction of sp³-hybridized carbons (Fsp3) is 0.533. The van der Waals surface area contributed by atoms with Crippen molar-refractivity contribution in [3.8, 4) is 0 Å². The first-order valence-corrected chi connectivity index (χ1v) is 7.17. The number of unbranched alkanes of at least 4 members (excludes halogenated alkanes) is 1. The number of hydrogen-bond donors (Lipinski definition) is 1. The van der Waals surface area contributed by atoms with Gasteiger partial charge in [0, 0.05) is 25.1 Å². The summed E-state index contributed by atoms with van der Waals surface area (Å²) in [6.07, 6.45) is 2.63. The zero-order chi connectivity index (χ0) is 14.1. The van der Waals surface area contributed by atoms with Gasteiger partial charge in [-0.25, -0.2) is 0 Å². The van der Waals surface area contributed by atoms with Crippen molar-refractivity contribution in [1.29, 1.82) is 0 Å². The Morgan fingerprint density at radius 3 is 2.63 bits per heavy atom. The van der Waals surface area contributed by atoms with Crippen LogP contribution in [-0.4, -0.2) is 42.0 Å². The first kappa shape index (κ1) is 16.2. The van der Waals surface area contributed by atoms with Crippen LogP contribution < -0.4 is 0 Å². The molecule has 0 bridgehead atoms. The molecule has 1 aromatic carbocycles. The molecule has 1 aromatic rings. The van der Waals surface area contributed by atoms with Crippen LogP contribution in [0.1, 0.15) is 36.5 Å². The molecule has 0 fully saturated rings. The van der Waals surface area contributed by atoms with E-state index in [-0.39, 0.29) is 12.4 Å². The fourth-order valence-corrected chi connectivity index (χ4v) is 2.18. The van der Waals surface area contributed by atoms with Crippen molar-refractivity contribution in [2.45, 2.75) is 26.2 Å². The summed E-state index contributed by atoms with van der Waals surface area (Å²) in [5, 5.41) is 9.52. The third-order valence-electron chi connectivity index (χ3n) is 3.07. The maximum Gasteiger partial charge on any atom is 0.165 e. The molecule has 3 nitrogen and oxygen atoms in total. The number of aliphatic hydroxyl groups is 1. The van der Waals surface area contributed by atoms with Gasteiger partial charge in [0.1, 0.15) is 0 Å². The highest BCUT2D eigenvalue weighted by molar-refractivity contribution is 6.33. The Morgan fingerprint density at radius 1 is 1.26 bits per heavy atom. The minimum atomic E-state index is 0.0602. The van der Waals surface area contributed by atoms with E-state index < -0.39 is 0 Å². The number of hydrogen-bond acceptors (Lipinski definition) is 3. The van der Waals surface area contributed by atoms with Crippen LogP contribution in [0.15, 0.2) is 24.3 Å². The lowest BCUT2D eigenvalue weighted by Gasteiger charge is -2.20. The number of ketones is 1. The van der Waals surface area contributed by atoms with Crippen LogP contribution in [0.25, 0.3) is 0 Å². The van der Waals surface area contributed by atoms with E-state index in [4.69, 9.17) is 16.7 Å². The van der Waals surface area contributed by atoms with Gasteiger partial charge in [-0.2, -0.15) is 0 Å². The molecule has 19 heavy (non-hydrogen) atoms. The van der Waals surface area contributed by atoms with Crippen molar-refractivity contribution < 1.29 is 9.90 Å². The predicted octanol–water partition coefficient (Wildman–Crippen LogP) is 3.01. The molecule has 0 aliphatic heterocycles. The van der Waals surface area contributed by atoms with Gasteiger partial charge in [-0.3, -0.25) is 4.79 Å². The van der Waals surface area contributed by atoms with Crippen LogP contribution in [-0.2, 0) is 0 Å². The van der Waals surface area contributed by atoms with E-state index in [0.29, 0.717) is 30.1 Å². The highest BCUT2D eigenvalue weighted by Crippen LogP contribution is 2.16. The highest BCUT2D eigenvalue weighted by atomic mass is 35.5. The lowest BCUT2D eigenvalue weighted by molar-refractivity contribution is 0.0957. The molecule has 4 heteroatoms. The highest BCUT2D eigenvalue weighted by Gasteiger charge is 2.12. The van der Waals surface area contributed by atoms with Crippen LogP contribution in [0.3, 0.4) is 0 Å². The molecule has 1 rings (SSSR count). The number of nitrogens with zero attached hydrogens (tertiary/aromatic N) is 1. The number of benzene rings is 1. The molecular formula is C15H22ClNO2. The molecular weight excluding hydrogens is 262 g/mol. The fourth-order valence-electron chi connectivity index (χ4n) is 1.94. The summed E-state index contributed by atoms with van der Waals surface area (Å²) in [4.78, 5) is 14.2. The van der Waals surface area contributed by atoms with Crippen LogP contribution >= 0.6 is 11.6 Å². The third-order valence-corrected chi connectivity index (χ3v) is 3.40. The Morgan fingerprint density at radius 2 is 2.00 bits per heavy atom. The summed E-state index contributed by atoms with van der Waals surface area (Å²) in [6, 6.07) is 7.13. The second-order valence-electron chi connectivity index (χ2n) is 4.57. The molecule has 0 spiro atoms. The number of carbonyl (C=O) groups is 1. The molecule has 0 aliphatic carbocycles. The van der Waals surface area contributed by atoms with Crippen molar-refractivity contribution in [1.82, 2.24) is 4.90 Å². The minimum Gasteiger partial charge on any atom is -0.395 e. The van der Waals surface area contributed by atoms with Gasteiger partial charge in [0.15, 0.2) is 5.78 Å². The summed E-state index contributed by atoms with van der Waals surface area (Å²) in [7, 11) is 0. The van der Waals surface area contributed by atoms with Crippen LogP contribution in [0.2, 0.25) is 5.02 Å². The number of halogens is 1. The van der Waals surface area contributed by atoms with Gasteiger partial charge in [-0.1, -0.05) is 37.1 Å². The van der Waals surface area contributed by atoms with Gasteiger partial charge in [-0.05, 0) is 25.1 Å². The van der Waals surface area contributed by atoms with Crippen molar-refractivity contribution >= 4 is 17.4 Å². The Labute approximate surface area is 120 Å². The summed E-state index contributed by atoms with van der Waals surface area (Å²) in [6.45, 7) is 4.48. The van der Waals surface area contributed by atoms with E-state index in [1.165, 1.54) is 0 Å². The van der Waals surface area contributed by atoms with Gasteiger partial charge in [0.25, 0.3) is 0 Å². The van der Waals surface area contributed by atoms with Crippen molar-refractivity contribution in [2.75, 3.05) is 26.2 Å². The maximum absolute atomic E-state index is 12.1. The number of rotatable bonds is 9. The van der Waals surface area contributed by atoms with E-state index in [1.54, 1.807) is 12.1 Å². The Hall–Kier alpha value is -0.900. The maximum atomic E-state index is 12.1. The molecule has 0 atom stereocenters. The topological polar surface area (TPSA) is 40.5 Å². The second-order valence-corrected chi connectivity index (χ2v) is 4.98. The second kappa shape index (κ2) is 9.08. The number of Topliss-reactive ketones (excluding diaryl/α,β-unsaturated/α-hetero) is 1. The molecule has 1 N–H and O–H groups in total. The molecule has 0 unspecified atom stereocenters.